The summed E-state index contributed by atoms with van der Waals surface area (Å²) in [5.41, 5.74) is 2.19. The number of hydrogen-bond donors (Lipinski definition) is 2. The van der Waals surface area contributed by atoms with Gasteiger partial charge in [-0.05, 0) is 57.7 Å². The molecule has 0 aliphatic carbocycles. The number of nitrogens with one attached hydrogen (secondary N) is 1. The molecule has 1 atom stereocenters. The fourth-order valence-corrected chi connectivity index (χ4v) is 4.42. The highest BCUT2D eigenvalue weighted by Crippen LogP contribution is 2.36. The van der Waals surface area contributed by atoms with Gasteiger partial charge in [0.25, 0.3) is 0 Å². The number of nitrogens with zero attached hydrogens (tertiary/aromatic N) is 1. The second-order valence-electron chi connectivity index (χ2n) is 8.70. The molecule has 0 spiro atoms. The molecule has 176 valence electrons. The van der Waals surface area contributed by atoms with E-state index in [0.717, 1.165) is 48.6 Å². The zero-order valence-electron chi connectivity index (χ0n) is 18.9. The van der Waals surface area contributed by atoms with E-state index in [0.29, 0.717) is 25.6 Å². The zero-order chi connectivity index (χ0) is 23.0. The molecule has 1 aliphatic rings. The molecule has 0 aromatic heterocycles. The van der Waals surface area contributed by atoms with Gasteiger partial charge in [-0.15, -0.1) is 11.6 Å². The van der Waals surface area contributed by atoms with Gasteiger partial charge in [0.05, 0.1) is 11.1 Å². The summed E-state index contributed by atoms with van der Waals surface area (Å²) in [6, 6.07) is 14.4. The van der Waals surface area contributed by atoms with Crippen LogP contribution in [0.4, 0.5) is 0 Å². The van der Waals surface area contributed by atoms with Crippen LogP contribution in [-0.2, 0) is 5.41 Å². The zero-order valence-corrected chi connectivity index (χ0v) is 21.3. The maximum Gasteiger partial charge on any atom is 0.133 e. The van der Waals surface area contributed by atoms with E-state index in [1.165, 1.54) is 11.1 Å². The van der Waals surface area contributed by atoms with Gasteiger partial charge < -0.3 is 19.9 Å². The van der Waals surface area contributed by atoms with Crippen LogP contribution in [0, 0.1) is 0 Å². The summed E-state index contributed by atoms with van der Waals surface area (Å²) in [5, 5.41) is 13.6. The highest BCUT2D eigenvalue weighted by molar-refractivity contribution is 9.10. The molecule has 1 saturated heterocycles. The Hall–Kier alpha value is -1.31. The van der Waals surface area contributed by atoms with Gasteiger partial charge in [0.2, 0.25) is 0 Å². The molecule has 1 fully saturated rings. The van der Waals surface area contributed by atoms with Crippen molar-refractivity contribution in [1.29, 1.82) is 0 Å². The van der Waals surface area contributed by atoms with Crippen molar-refractivity contribution in [1.82, 2.24) is 10.2 Å². The summed E-state index contributed by atoms with van der Waals surface area (Å²) >= 11 is 9.37. The molecule has 0 amide bonds. The minimum atomic E-state index is -0.494. The van der Waals surface area contributed by atoms with Gasteiger partial charge in [0, 0.05) is 44.0 Å². The van der Waals surface area contributed by atoms with Crippen molar-refractivity contribution in [2.75, 3.05) is 51.8 Å². The molecule has 2 aromatic carbocycles. The van der Waals surface area contributed by atoms with E-state index in [4.69, 9.17) is 21.1 Å². The summed E-state index contributed by atoms with van der Waals surface area (Å²) in [7, 11) is 0. The summed E-state index contributed by atoms with van der Waals surface area (Å²) < 4.78 is 12.6. The number of rotatable bonds is 11. The van der Waals surface area contributed by atoms with Crippen LogP contribution < -0.4 is 14.8 Å². The van der Waals surface area contributed by atoms with E-state index in [9.17, 15) is 5.11 Å². The number of hydrogen-bond acceptors (Lipinski definition) is 5. The van der Waals surface area contributed by atoms with Crippen LogP contribution in [0.2, 0.25) is 0 Å². The average Bonchev–Trinajstić information content (AvgIpc) is 2.80. The molecular weight excluding hydrogens is 492 g/mol. The van der Waals surface area contributed by atoms with E-state index in [2.05, 4.69) is 64.3 Å². The van der Waals surface area contributed by atoms with Gasteiger partial charge in [-0.2, -0.15) is 0 Å². The van der Waals surface area contributed by atoms with Crippen LogP contribution in [0.5, 0.6) is 11.5 Å². The predicted molar refractivity (Wildman–Crippen MR) is 134 cm³/mol. The summed E-state index contributed by atoms with van der Waals surface area (Å²) in [5.74, 6) is 2.20. The van der Waals surface area contributed by atoms with E-state index < -0.39 is 6.10 Å². The third-order valence-corrected chi connectivity index (χ3v) is 6.77. The quantitative estimate of drug-likeness (QED) is 0.336. The van der Waals surface area contributed by atoms with Crippen molar-refractivity contribution < 1.29 is 14.6 Å². The maximum absolute atomic E-state index is 10.3. The standard InChI is InChI=1S/C25H34BrClN2O3/c1-25(2,20-6-9-24(23(26)16-20)31-15-3-10-27)19-4-7-22(8-5-19)32-18-21(30)17-29-13-11-28-12-14-29/h4-9,16,21,28,30H,3,10-15,17-18H2,1-2H3. The number of alkyl halides is 1. The molecule has 2 aromatic rings. The molecule has 1 aliphatic heterocycles. The van der Waals surface area contributed by atoms with E-state index in [1.807, 2.05) is 18.2 Å². The number of aliphatic hydroxyl groups excluding tert-OH is 1. The Morgan fingerprint density at radius 3 is 2.44 bits per heavy atom. The van der Waals surface area contributed by atoms with Crippen LogP contribution >= 0.6 is 27.5 Å². The Morgan fingerprint density at radius 1 is 1.09 bits per heavy atom. The van der Waals surface area contributed by atoms with Gasteiger partial charge >= 0.3 is 0 Å². The number of benzene rings is 2. The number of piperazine rings is 1. The average molecular weight is 526 g/mol. The Kier molecular flexibility index (Phi) is 9.68. The Labute approximate surface area is 205 Å². The van der Waals surface area contributed by atoms with Gasteiger partial charge in [-0.1, -0.05) is 32.0 Å². The molecule has 2 N–H and O–H groups in total. The lowest BCUT2D eigenvalue weighted by atomic mass is 9.78. The Morgan fingerprint density at radius 2 is 1.78 bits per heavy atom. The minimum absolute atomic E-state index is 0.183. The van der Waals surface area contributed by atoms with Crippen LogP contribution in [0.25, 0.3) is 0 Å². The highest BCUT2D eigenvalue weighted by Gasteiger charge is 2.24. The number of ether oxygens (including phenoxy) is 2. The summed E-state index contributed by atoms with van der Waals surface area (Å²) in [6.45, 7) is 9.85. The number of aliphatic hydroxyl groups is 1. The predicted octanol–water partition coefficient (Wildman–Crippen LogP) is 4.43. The van der Waals surface area contributed by atoms with Gasteiger partial charge in [0.15, 0.2) is 0 Å². The van der Waals surface area contributed by atoms with E-state index >= 15 is 0 Å². The smallest absolute Gasteiger partial charge is 0.133 e. The van der Waals surface area contributed by atoms with Crippen molar-refractivity contribution in [3.8, 4) is 11.5 Å². The summed E-state index contributed by atoms with van der Waals surface area (Å²) in [4.78, 5) is 2.27. The fraction of sp³-hybridized carbons (Fsp3) is 0.520. The first-order valence-corrected chi connectivity index (χ1v) is 12.6. The summed E-state index contributed by atoms with van der Waals surface area (Å²) in [6.07, 6.45) is 0.328. The number of β-amino-alcohol motifs (C(OH)–C–C–N with tert-alkyl or cyclic N) is 1. The molecule has 1 unspecified atom stereocenters. The molecule has 3 rings (SSSR count). The highest BCUT2D eigenvalue weighted by atomic mass is 79.9. The molecule has 0 radical (unpaired) electrons. The van der Waals surface area contributed by atoms with Gasteiger partial charge in [-0.3, -0.25) is 4.90 Å². The van der Waals surface area contributed by atoms with Crippen LogP contribution in [0.15, 0.2) is 46.9 Å². The van der Waals surface area contributed by atoms with Gasteiger partial charge in [0.1, 0.15) is 24.2 Å². The van der Waals surface area contributed by atoms with Crippen LogP contribution in [0.1, 0.15) is 31.4 Å². The minimum Gasteiger partial charge on any atom is -0.492 e. The third-order valence-electron chi connectivity index (χ3n) is 5.89. The van der Waals surface area contributed by atoms with Crippen molar-refractivity contribution in [3.63, 3.8) is 0 Å². The van der Waals surface area contributed by atoms with Crippen molar-refractivity contribution >= 4 is 27.5 Å². The fourth-order valence-electron chi connectivity index (χ4n) is 3.81. The lowest BCUT2D eigenvalue weighted by Crippen LogP contribution is -2.47. The van der Waals surface area contributed by atoms with Crippen LogP contribution in [-0.4, -0.2) is 67.9 Å². The third kappa shape index (κ3) is 7.09. The normalized spacial score (nSPS) is 16.0. The molecule has 1 heterocycles. The first-order valence-electron chi connectivity index (χ1n) is 11.2. The second-order valence-corrected chi connectivity index (χ2v) is 9.93. The van der Waals surface area contributed by atoms with E-state index in [1.54, 1.807) is 0 Å². The number of halogens is 2. The molecular formula is C25H34BrClN2O3. The molecule has 5 nitrogen and oxygen atoms in total. The molecule has 7 heteroatoms. The van der Waals surface area contributed by atoms with Crippen LogP contribution in [0.3, 0.4) is 0 Å². The topological polar surface area (TPSA) is 54.0 Å². The Balaban J connectivity index is 1.57. The molecule has 32 heavy (non-hydrogen) atoms. The van der Waals surface area contributed by atoms with E-state index in [-0.39, 0.29) is 5.41 Å². The lowest BCUT2D eigenvalue weighted by Gasteiger charge is -2.29. The van der Waals surface area contributed by atoms with Crippen molar-refractivity contribution in [2.45, 2.75) is 31.8 Å². The monoisotopic (exact) mass is 524 g/mol. The first-order chi connectivity index (χ1) is 15.4. The van der Waals surface area contributed by atoms with Crippen molar-refractivity contribution in [2.24, 2.45) is 0 Å². The largest absolute Gasteiger partial charge is 0.492 e. The Bertz CT molecular complexity index is 842. The van der Waals surface area contributed by atoms with Gasteiger partial charge in [-0.25, -0.2) is 0 Å². The molecule has 0 bridgehead atoms. The molecule has 0 saturated carbocycles. The maximum atomic E-state index is 10.3. The SMILES string of the molecule is CC(C)(c1ccc(OCC(O)CN2CCNCC2)cc1)c1ccc(OCCCCl)c(Br)c1. The second kappa shape index (κ2) is 12.2. The van der Waals surface area contributed by atoms with Crippen molar-refractivity contribution in [3.05, 3.63) is 58.1 Å². The first kappa shape index (κ1) is 25.3. The lowest BCUT2D eigenvalue weighted by molar-refractivity contribution is 0.0641.